The number of carbonyl (C=O) groups is 3. The molecule has 7 heteroatoms. The third-order valence-electron chi connectivity index (χ3n) is 4.59. The van der Waals surface area contributed by atoms with Gasteiger partial charge in [0.15, 0.2) is 6.61 Å². The number of benzene rings is 1. The van der Waals surface area contributed by atoms with Gasteiger partial charge in [0.2, 0.25) is 0 Å². The van der Waals surface area contributed by atoms with Crippen molar-refractivity contribution < 1.29 is 23.9 Å². The van der Waals surface area contributed by atoms with Gasteiger partial charge in [-0.15, -0.1) is 11.3 Å². The third-order valence-corrected chi connectivity index (χ3v) is 5.76. The smallest absolute Gasteiger partial charge is 0.341 e. The van der Waals surface area contributed by atoms with E-state index in [0.717, 1.165) is 29.7 Å². The molecule has 1 amide bonds. The molecule has 1 N–H and O–H groups in total. The molecule has 0 aliphatic heterocycles. The Morgan fingerprint density at radius 1 is 1.14 bits per heavy atom. The first-order valence-corrected chi connectivity index (χ1v) is 10.1. The maximum absolute atomic E-state index is 12.5. The Labute approximate surface area is 167 Å². The monoisotopic (exact) mass is 401 g/mol. The van der Waals surface area contributed by atoms with Crippen LogP contribution in [-0.4, -0.2) is 31.1 Å². The van der Waals surface area contributed by atoms with E-state index in [0.29, 0.717) is 22.0 Å². The van der Waals surface area contributed by atoms with Gasteiger partial charge in [-0.1, -0.05) is 25.1 Å². The number of carbonyl (C=O) groups excluding carboxylic acids is 3. The van der Waals surface area contributed by atoms with Crippen molar-refractivity contribution in [2.45, 2.75) is 33.1 Å². The molecule has 1 aliphatic carbocycles. The number of fused-ring (bicyclic) bond motifs is 1. The van der Waals surface area contributed by atoms with E-state index in [2.05, 4.69) is 12.2 Å². The number of esters is 2. The van der Waals surface area contributed by atoms with Crippen molar-refractivity contribution in [1.82, 2.24) is 0 Å². The first-order chi connectivity index (χ1) is 13.5. The highest BCUT2D eigenvalue weighted by Crippen LogP contribution is 2.40. The molecule has 6 nitrogen and oxygen atoms in total. The van der Waals surface area contributed by atoms with Crippen molar-refractivity contribution in [3.63, 3.8) is 0 Å². The lowest BCUT2D eigenvalue weighted by Gasteiger charge is -2.18. The Kier molecular flexibility index (Phi) is 6.46. The van der Waals surface area contributed by atoms with Gasteiger partial charge in [-0.25, -0.2) is 9.59 Å². The fourth-order valence-electron chi connectivity index (χ4n) is 3.21. The molecule has 28 heavy (non-hydrogen) atoms. The third kappa shape index (κ3) is 4.59. The molecule has 2 aromatic rings. The number of thiophene rings is 1. The van der Waals surface area contributed by atoms with Crippen LogP contribution in [0.5, 0.6) is 0 Å². The van der Waals surface area contributed by atoms with Crippen molar-refractivity contribution in [3.8, 4) is 0 Å². The molecule has 1 aliphatic rings. The molecule has 0 spiro atoms. The summed E-state index contributed by atoms with van der Waals surface area (Å²) < 4.78 is 10.3. The SMILES string of the molecule is CCOC(=O)c1c(NC(=O)COC(=O)c2ccccc2)sc2c1CC[C@H](C)C2. The normalized spacial score (nSPS) is 15.4. The van der Waals surface area contributed by atoms with Crippen LogP contribution in [0.3, 0.4) is 0 Å². The van der Waals surface area contributed by atoms with Crippen LogP contribution in [0.1, 0.15) is 51.4 Å². The summed E-state index contributed by atoms with van der Waals surface area (Å²) in [5, 5.41) is 3.20. The summed E-state index contributed by atoms with van der Waals surface area (Å²) in [6, 6.07) is 8.47. The second kappa shape index (κ2) is 9.01. The molecule has 1 heterocycles. The fourth-order valence-corrected chi connectivity index (χ4v) is 4.62. The lowest BCUT2D eigenvalue weighted by atomic mass is 9.88. The molecule has 0 saturated carbocycles. The summed E-state index contributed by atoms with van der Waals surface area (Å²) in [7, 11) is 0. The van der Waals surface area contributed by atoms with Crippen molar-refractivity contribution in [2.75, 3.05) is 18.5 Å². The number of rotatable bonds is 6. The lowest BCUT2D eigenvalue weighted by Crippen LogP contribution is -2.22. The Hall–Kier alpha value is -2.67. The minimum atomic E-state index is -0.569. The average molecular weight is 401 g/mol. The summed E-state index contributed by atoms with van der Waals surface area (Å²) >= 11 is 1.41. The largest absolute Gasteiger partial charge is 0.462 e. The van der Waals surface area contributed by atoms with E-state index in [1.165, 1.54) is 11.3 Å². The van der Waals surface area contributed by atoms with Gasteiger partial charge in [0.1, 0.15) is 5.00 Å². The van der Waals surface area contributed by atoms with Gasteiger partial charge in [0.05, 0.1) is 17.7 Å². The summed E-state index contributed by atoms with van der Waals surface area (Å²) in [5.41, 5.74) is 1.79. The molecule has 0 saturated heterocycles. The van der Waals surface area contributed by atoms with E-state index in [-0.39, 0.29) is 6.61 Å². The fraction of sp³-hybridized carbons (Fsp3) is 0.381. The molecular formula is C21H23NO5S. The predicted octanol–water partition coefficient (Wildman–Crippen LogP) is 3.85. The van der Waals surface area contributed by atoms with Gasteiger partial charge in [-0.2, -0.15) is 0 Å². The summed E-state index contributed by atoms with van der Waals surface area (Å²) in [4.78, 5) is 37.9. The van der Waals surface area contributed by atoms with Crippen molar-refractivity contribution in [2.24, 2.45) is 5.92 Å². The summed E-state index contributed by atoms with van der Waals surface area (Å²) in [6.45, 7) is 3.77. The number of amides is 1. The molecule has 1 aromatic carbocycles. The maximum Gasteiger partial charge on any atom is 0.341 e. The summed E-state index contributed by atoms with van der Waals surface area (Å²) in [6.07, 6.45) is 2.67. The molecule has 148 valence electrons. The van der Waals surface area contributed by atoms with Gasteiger partial charge in [0.25, 0.3) is 5.91 Å². The van der Waals surface area contributed by atoms with E-state index in [1.807, 2.05) is 0 Å². The van der Waals surface area contributed by atoms with Gasteiger partial charge in [0, 0.05) is 4.88 Å². The van der Waals surface area contributed by atoms with Gasteiger partial charge in [-0.3, -0.25) is 4.79 Å². The van der Waals surface area contributed by atoms with Crippen LogP contribution in [0, 0.1) is 5.92 Å². The van der Waals surface area contributed by atoms with Crippen molar-refractivity contribution in [1.29, 1.82) is 0 Å². The Morgan fingerprint density at radius 2 is 1.89 bits per heavy atom. The van der Waals surface area contributed by atoms with Crippen LogP contribution in [0.15, 0.2) is 30.3 Å². The number of anilines is 1. The second-order valence-electron chi connectivity index (χ2n) is 6.77. The molecular weight excluding hydrogens is 378 g/mol. The molecule has 0 unspecified atom stereocenters. The van der Waals surface area contributed by atoms with E-state index in [4.69, 9.17) is 9.47 Å². The van der Waals surface area contributed by atoms with Crippen LogP contribution in [0.25, 0.3) is 0 Å². The van der Waals surface area contributed by atoms with E-state index in [9.17, 15) is 14.4 Å². The zero-order valence-electron chi connectivity index (χ0n) is 15.9. The number of nitrogens with one attached hydrogen (secondary N) is 1. The van der Waals surface area contributed by atoms with Crippen LogP contribution in [-0.2, 0) is 27.1 Å². The Morgan fingerprint density at radius 3 is 2.61 bits per heavy atom. The second-order valence-corrected chi connectivity index (χ2v) is 7.87. The molecule has 3 rings (SSSR count). The zero-order chi connectivity index (χ0) is 20.1. The highest BCUT2D eigenvalue weighted by molar-refractivity contribution is 7.17. The molecule has 0 radical (unpaired) electrons. The summed E-state index contributed by atoms with van der Waals surface area (Å²) in [5.74, 6) is -0.940. The van der Waals surface area contributed by atoms with E-state index >= 15 is 0 Å². The first-order valence-electron chi connectivity index (χ1n) is 9.33. The minimum absolute atomic E-state index is 0.266. The quantitative estimate of drug-likeness (QED) is 0.744. The standard InChI is InChI=1S/C21H23NO5S/c1-3-26-21(25)18-15-10-9-13(2)11-16(15)28-19(18)22-17(23)12-27-20(24)14-7-5-4-6-8-14/h4-8,13H,3,9-12H2,1-2H3,(H,22,23)/t13-/m0/s1. The molecule has 1 atom stereocenters. The highest BCUT2D eigenvalue weighted by atomic mass is 32.1. The molecule has 0 bridgehead atoms. The van der Waals surface area contributed by atoms with Crippen LogP contribution in [0.4, 0.5) is 5.00 Å². The first kappa shape index (κ1) is 20.1. The van der Waals surface area contributed by atoms with Crippen molar-refractivity contribution >= 4 is 34.2 Å². The van der Waals surface area contributed by atoms with Crippen LogP contribution < -0.4 is 5.32 Å². The number of ether oxygens (including phenoxy) is 2. The average Bonchev–Trinajstić information content (AvgIpc) is 3.03. The highest BCUT2D eigenvalue weighted by Gasteiger charge is 2.29. The Balaban J connectivity index is 1.71. The van der Waals surface area contributed by atoms with Gasteiger partial charge < -0.3 is 14.8 Å². The van der Waals surface area contributed by atoms with Crippen LogP contribution in [0.2, 0.25) is 0 Å². The molecule has 1 aromatic heterocycles. The maximum atomic E-state index is 12.5. The van der Waals surface area contributed by atoms with Gasteiger partial charge in [-0.05, 0) is 49.8 Å². The topological polar surface area (TPSA) is 81.7 Å². The zero-order valence-corrected chi connectivity index (χ0v) is 16.8. The molecule has 0 fully saturated rings. The number of hydrogen-bond donors (Lipinski definition) is 1. The number of hydrogen-bond acceptors (Lipinski definition) is 6. The van der Waals surface area contributed by atoms with E-state index in [1.54, 1.807) is 37.3 Å². The minimum Gasteiger partial charge on any atom is -0.462 e. The van der Waals surface area contributed by atoms with Gasteiger partial charge >= 0.3 is 11.9 Å². The van der Waals surface area contributed by atoms with E-state index < -0.39 is 24.5 Å². The predicted molar refractivity (Wildman–Crippen MR) is 107 cm³/mol. The Bertz CT molecular complexity index is 874. The van der Waals surface area contributed by atoms with Crippen LogP contribution >= 0.6 is 11.3 Å². The van der Waals surface area contributed by atoms with Crippen molar-refractivity contribution in [3.05, 3.63) is 51.9 Å². The lowest BCUT2D eigenvalue weighted by molar-refractivity contribution is -0.119.